The van der Waals surface area contributed by atoms with Gasteiger partial charge < -0.3 is 19.6 Å². The van der Waals surface area contributed by atoms with E-state index in [1.807, 2.05) is 0 Å². The summed E-state index contributed by atoms with van der Waals surface area (Å²) in [5.74, 6) is -1.17. The minimum atomic E-state index is -2.98. The molecule has 0 saturated carbocycles. The van der Waals surface area contributed by atoms with Gasteiger partial charge >= 0.3 is 6.61 Å². The highest BCUT2D eigenvalue weighted by Crippen LogP contribution is 2.28. The van der Waals surface area contributed by atoms with Crippen molar-refractivity contribution >= 4 is 29.4 Å². The second-order valence-electron chi connectivity index (χ2n) is 4.97. The van der Waals surface area contributed by atoms with Crippen LogP contribution in [0.3, 0.4) is 0 Å². The van der Waals surface area contributed by atoms with Crippen LogP contribution in [0.5, 0.6) is 11.5 Å². The number of ether oxygens (including phenoxy) is 2. The predicted octanol–water partition coefficient (Wildman–Crippen LogP) is 4.08. The molecule has 0 aliphatic heterocycles. The van der Waals surface area contributed by atoms with Crippen LogP contribution in [0, 0.1) is 5.82 Å². The maximum atomic E-state index is 13.0. The van der Waals surface area contributed by atoms with Crippen LogP contribution in [-0.2, 0) is 9.63 Å². The van der Waals surface area contributed by atoms with Crippen LogP contribution in [0.25, 0.3) is 0 Å². The van der Waals surface area contributed by atoms with Crippen molar-refractivity contribution in [3.8, 4) is 11.5 Å². The third-order valence-electron chi connectivity index (χ3n) is 3.08. The highest BCUT2D eigenvalue weighted by Gasteiger charge is 2.10. The topological polar surface area (TPSA) is 69.2 Å². The van der Waals surface area contributed by atoms with Gasteiger partial charge in [0, 0.05) is 11.3 Å². The maximum absolute atomic E-state index is 13.0. The quantitative estimate of drug-likeness (QED) is 0.533. The molecule has 0 bridgehead atoms. The molecule has 1 N–H and O–H groups in total. The number of hydrogen-bond acceptors (Lipinski definition) is 5. The fourth-order valence-electron chi connectivity index (χ4n) is 1.92. The molecule has 0 unspecified atom stereocenters. The molecule has 2 aromatic carbocycles. The van der Waals surface area contributed by atoms with Crippen LogP contribution < -0.4 is 14.8 Å². The van der Waals surface area contributed by atoms with Gasteiger partial charge in [-0.15, -0.1) is 0 Å². The molecule has 2 aromatic rings. The van der Waals surface area contributed by atoms with E-state index in [0.717, 1.165) is 6.07 Å². The fourth-order valence-corrected chi connectivity index (χ4v) is 2.10. The molecule has 2 rings (SSSR count). The number of nitrogens with zero attached hydrogens (tertiary/aromatic N) is 1. The van der Waals surface area contributed by atoms with Crippen molar-refractivity contribution in [2.75, 3.05) is 19.0 Å². The molecule has 0 aromatic heterocycles. The lowest BCUT2D eigenvalue weighted by Gasteiger charge is -2.09. The van der Waals surface area contributed by atoms with Gasteiger partial charge in [-0.25, -0.2) is 4.39 Å². The number of benzene rings is 2. The summed E-state index contributed by atoms with van der Waals surface area (Å²) < 4.78 is 46.8. The number of amides is 1. The minimum absolute atomic E-state index is 0.0881. The highest BCUT2D eigenvalue weighted by molar-refractivity contribution is 6.31. The smallest absolute Gasteiger partial charge is 0.387 e. The average Bonchev–Trinajstić information content (AvgIpc) is 2.62. The Hall–Kier alpha value is -2.94. The van der Waals surface area contributed by atoms with Crippen molar-refractivity contribution in [2.45, 2.75) is 6.61 Å². The summed E-state index contributed by atoms with van der Waals surface area (Å²) in [7, 11) is 1.30. The summed E-state index contributed by atoms with van der Waals surface area (Å²) in [6.45, 7) is -3.38. The van der Waals surface area contributed by atoms with Gasteiger partial charge in [0.1, 0.15) is 5.82 Å². The van der Waals surface area contributed by atoms with Crippen molar-refractivity contribution in [2.24, 2.45) is 5.16 Å². The zero-order valence-corrected chi connectivity index (χ0v) is 14.7. The normalized spacial score (nSPS) is 10.9. The Bertz CT molecular complexity index is 834. The van der Waals surface area contributed by atoms with Gasteiger partial charge in [0.2, 0.25) is 0 Å². The lowest BCUT2D eigenvalue weighted by Crippen LogP contribution is -2.17. The lowest BCUT2D eigenvalue weighted by atomic mass is 10.2. The number of oxime groups is 1. The number of alkyl halides is 2. The van der Waals surface area contributed by atoms with Crippen LogP contribution >= 0.6 is 11.6 Å². The largest absolute Gasteiger partial charge is 0.493 e. The van der Waals surface area contributed by atoms with Crippen molar-refractivity contribution in [3.05, 3.63) is 52.8 Å². The second kappa shape index (κ2) is 9.67. The van der Waals surface area contributed by atoms with E-state index in [1.54, 1.807) is 0 Å². The van der Waals surface area contributed by atoms with Crippen LogP contribution in [-0.4, -0.2) is 32.4 Å². The Morgan fingerprint density at radius 3 is 2.70 bits per heavy atom. The monoisotopic (exact) mass is 402 g/mol. The number of carbonyl (C=O) groups is 1. The zero-order valence-electron chi connectivity index (χ0n) is 13.9. The lowest BCUT2D eigenvalue weighted by molar-refractivity contribution is -0.120. The van der Waals surface area contributed by atoms with Crippen LogP contribution in [0.1, 0.15) is 5.56 Å². The van der Waals surface area contributed by atoms with Crippen molar-refractivity contribution in [3.63, 3.8) is 0 Å². The van der Waals surface area contributed by atoms with E-state index < -0.39 is 24.9 Å². The molecule has 0 atom stereocenters. The molecule has 0 saturated heterocycles. The first-order valence-electron chi connectivity index (χ1n) is 7.42. The summed E-state index contributed by atoms with van der Waals surface area (Å²) >= 11 is 5.61. The van der Waals surface area contributed by atoms with E-state index in [0.29, 0.717) is 11.3 Å². The van der Waals surface area contributed by atoms with Crippen molar-refractivity contribution in [1.82, 2.24) is 0 Å². The third kappa shape index (κ3) is 6.37. The standard InChI is InChI=1S/C17H14ClF3N2O4/c1-25-15-6-10(2-5-14(15)27-17(20)21)8-22-26-9-16(24)23-11-3-4-13(19)12(18)7-11/h2-8,17H,9H2,1H3,(H,23,24)/b22-8+. The van der Waals surface area contributed by atoms with E-state index in [1.165, 1.54) is 43.7 Å². The summed E-state index contributed by atoms with van der Waals surface area (Å²) in [6.07, 6.45) is 1.26. The van der Waals surface area contributed by atoms with Crippen molar-refractivity contribution in [1.29, 1.82) is 0 Å². The Kier molecular flexibility index (Phi) is 7.30. The minimum Gasteiger partial charge on any atom is -0.493 e. The Morgan fingerprint density at radius 1 is 1.26 bits per heavy atom. The summed E-state index contributed by atoms with van der Waals surface area (Å²) in [4.78, 5) is 16.6. The fraction of sp³-hybridized carbons (Fsp3) is 0.176. The number of anilines is 1. The number of nitrogens with one attached hydrogen (secondary N) is 1. The van der Waals surface area contributed by atoms with E-state index in [2.05, 4.69) is 15.2 Å². The molecule has 0 fully saturated rings. The first-order valence-corrected chi connectivity index (χ1v) is 7.80. The molecule has 10 heteroatoms. The average molecular weight is 403 g/mol. The molecule has 1 amide bonds. The number of rotatable bonds is 8. The molecular formula is C17H14ClF3N2O4. The van der Waals surface area contributed by atoms with E-state index >= 15 is 0 Å². The molecule has 6 nitrogen and oxygen atoms in total. The van der Waals surface area contributed by atoms with Crippen LogP contribution in [0.4, 0.5) is 18.9 Å². The summed E-state index contributed by atoms with van der Waals surface area (Å²) in [6, 6.07) is 7.87. The third-order valence-corrected chi connectivity index (χ3v) is 3.37. The number of hydrogen-bond donors (Lipinski definition) is 1. The summed E-state index contributed by atoms with van der Waals surface area (Å²) in [5.41, 5.74) is 0.775. The molecule has 0 radical (unpaired) electrons. The van der Waals surface area contributed by atoms with E-state index in [4.69, 9.17) is 21.2 Å². The predicted molar refractivity (Wildman–Crippen MR) is 93.2 cm³/mol. The summed E-state index contributed by atoms with van der Waals surface area (Å²) in [5, 5.41) is 5.94. The Labute approximate surface area is 157 Å². The van der Waals surface area contributed by atoms with Gasteiger partial charge in [-0.3, -0.25) is 4.79 Å². The van der Waals surface area contributed by atoms with Gasteiger partial charge in [-0.2, -0.15) is 8.78 Å². The number of methoxy groups -OCH3 is 1. The molecule has 0 heterocycles. The van der Waals surface area contributed by atoms with Crippen LogP contribution in [0.15, 0.2) is 41.6 Å². The molecule has 0 spiro atoms. The van der Waals surface area contributed by atoms with Gasteiger partial charge in [-0.05, 0) is 36.4 Å². The number of carbonyl (C=O) groups excluding carboxylic acids is 1. The molecule has 144 valence electrons. The molecule has 0 aliphatic carbocycles. The van der Waals surface area contributed by atoms with Gasteiger partial charge in [-0.1, -0.05) is 16.8 Å². The Balaban J connectivity index is 1.87. The van der Waals surface area contributed by atoms with E-state index in [9.17, 15) is 18.0 Å². The molecule has 0 aliphatic rings. The molecular weight excluding hydrogens is 389 g/mol. The SMILES string of the molecule is COc1cc(/C=N/OCC(=O)Nc2ccc(F)c(Cl)c2)ccc1OC(F)F. The first-order chi connectivity index (χ1) is 12.9. The maximum Gasteiger partial charge on any atom is 0.387 e. The Morgan fingerprint density at radius 2 is 2.04 bits per heavy atom. The second-order valence-corrected chi connectivity index (χ2v) is 5.38. The van der Waals surface area contributed by atoms with E-state index in [-0.39, 0.29) is 16.5 Å². The molecule has 27 heavy (non-hydrogen) atoms. The van der Waals surface area contributed by atoms with Crippen molar-refractivity contribution < 1.29 is 32.3 Å². The first kappa shape index (κ1) is 20.4. The van der Waals surface area contributed by atoms with Gasteiger partial charge in [0.05, 0.1) is 18.3 Å². The number of halogens is 4. The van der Waals surface area contributed by atoms with Crippen LogP contribution in [0.2, 0.25) is 5.02 Å². The zero-order chi connectivity index (χ0) is 19.8. The van der Waals surface area contributed by atoms with Gasteiger partial charge in [0.25, 0.3) is 5.91 Å². The van der Waals surface area contributed by atoms with Gasteiger partial charge in [0.15, 0.2) is 18.1 Å². The highest BCUT2D eigenvalue weighted by atomic mass is 35.5.